The zero-order valence-corrected chi connectivity index (χ0v) is 15.4. The fourth-order valence-electron chi connectivity index (χ4n) is 2.68. The molecule has 4 nitrogen and oxygen atoms in total. The lowest BCUT2D eigenvalue weighted by atomic mass is 10.1. The van der Waals surface area contributed by atoms with Gasteiger partial charge in [0.15, 0.2) is 0 Å². The lowest BCUT2D eigenvalue weighted by Gasteiger charge is -2.09. The van der Waals surface area contributed by atoms with Crippen LogP contribution in [-0.4, -0.2) is 21.9 Å². The number of aryl methyl sites for hydroxylation is 1. The minimum atomic E-state index is -0.132. The molecule has 0 bridgehead atoms. The average Bonchev–Trinajstić information content (AvgIpc) is 3.07. The van der Waals surface area contributed by atoms with E-state index in [0.29, 0.717) is 5.56 Å². The van der Waals surface area contributed by atoms with E-state index in [-0.39, 0.29) is 5.91 Å². The summed E-state index contributed by atoms with van der Waals surface area (Å²) < 4.78 is 1.84. The predicted octanol–water partition coefficient (Wildman–Crippen LogP) is 4.72. The lowest BCUT2D eigenvalue weighted by molar-refractivity contribution is 0.102. The normalized spacial score (nSPS) is 10.7. The molecule has 0 unspecified atom stereocenters. The summed E-state index contributed by atoms with van der Waals surface area (Å²) in [5.74, 6) is -0.132. The van der Waals surface area contributed by atoms with Crippen molar-refractivity contribution in [1.82, 2.24) is 9.78 Å². The average molecular weight is 351 g/mol. The van der Waals surface area contributed by atoms with Crippen molar-refractivity contribution in [2.75, 3.05) is 11.6 Å². The second-order valence-electron chi connectivity index (χ2n) is 5.79. The Labute approximate surface area is 152 Å². The third-order valence-corrected chi connectivity index (χ3v) is 4.82. The summed E-state index contributed by atoms with van der Waals surface area (Å²) in [6, 6.07) is 16.0. The standard InChI is InChI=1S/C20H21N3OS/c1-4-19-18(13-21-23(19)16-9-5-14(2)6-10-16)20(24)22-15-7-11-17(25-3)12-8-15/h5-13H,4H2,1-3H3,(H,22,24). The van der Waals surface area contributed by atoms with Gasteiger partial charge in [0.2, 0.25) is 0 Å². The van der Waals surface area contributed by atoms with Crippen molar-refractivity contribution in [3.05, 3.63) is 71.5 Å². The minimum absolute atomic E-state index is 0.132. The summed E-state index contributed by atoms with van der Waals surface area (Å²) in [5, 5.41) is 7.39. The van der Waals surface area contributed by atoms with Crippen molar-refractivity contribution in [1.29, 1.82) is 0 Å². The molecule has 0 atom stereocenters. The number of anilines is 1. The molecule has 5 heteroatoms. The van der Waals surface area contributed by atoms with E-state index in [1.807, 2.05) is 66.4 Å². The molecule has 1 N–H and O–H groups in total. The zero-order chi connectivity index (χ0) is 17.8. The molecular weight excluding hydrogens is 330 g/mol. The van der Waals surface area contributed by atoms with Crippen molar-refractivity contribution in [2.24, 2.45) is 0 Å². The van der Waals surface area contributed by atoms with Crippen LogP contribution < -0.4 is 5.32 Å². The Balaban J connectivity index is 1.86. The molecule has 0 spiro atoms. The largest absolute Gasteiger partial charge is 0.322 e. The molecule has 0 saturated heterocycles. The highest BCUT2D eigenvalue weighted by Gasteiger charge is 2.17. The van der Waals surface area contributed by atoms with Crippen LogP contribution >= 0.6 is 11.8 Å². The Bertz CT molecular complexity index is 867. The van der Waals surface area contributed by atoms with Crippen molar-refractivity contribution in [3.8, 4) is 5.69 Å². The van der Waals surface area contributed by atoms with Gasteiger partial charge in [-0.2, -0.15) is 5.10 Å². The number of amides is 1. The molecule has 1 amide bonds. The van der Waals surface area contributed by atoms with Gasteiger partial charge in [-0.15, -0.1) is 11.8 Å². The molecule has 2 aromatic carbocycles. The quantitative estimate of drug-likeness (QED) is 0.677. The molecule has 3 aromatic rings. The van der Waals surface area contributed by atoms with Crippen LogP contribution in [0.4, 0.5) is 5.69 Å². The Morgan fingerprint density at radius 1 is 1.12 bits per heavy atom. The monoisotopic (exact) mass is 351 g/mol. The fraction of sp³-hybridized carbons (Fsp3) is 0.200. The number of nitrogens with one attached hydrogen (secondary N) is 1. The summed E-state index contributed by atoms with van der Waals surface area (Å²) in [7, 11) is 0. The molecule has 25 heavy (non-hydrogen) atoms. The van der Waals surface area contributed by atoms with Crippen LogP contribution in [0, 0.1) is 6.92 Å². The summed E-state index contributed by atoms with van der Waals surface area (Å²) in [6.07, 6.45) is 4.40. The molecule has 0 aliphatic rings. The number of thioether (sulfide) groups is 1. The van der Waals surface area contributed by atoms with Crippen LogP contribution in [-0.2, 0) is 6.42 Å². The number of carbonyl (C=O) groups is 1. The second-order valence-corrected chi connectivity index (χ2v) is 6.67. The molecule has 0 aliphatic carbocycles. The maximum absolute atomic E-state index is 12.7. The smallest absolute Gasteiger partial charge is 0.259 e. The van der Waals surface area contributed by atoms with E-state index in [1.165, 1.54) is 10.5 Å². The van der Waals surface area contributed by atoms with Gasteiger partial charge in [0.25, 0.3) is 5.91 Å². The third kappa shape index (κ3) is 3.77. The van der Waals surface area contributed by atoms with Crippen molar-refractivity contribution < 1.29 is 4.79 Å². The Kier molecular flexibility index (Phi) is 5.24. The molecule has 0 aliphatic heterocycles. The van der Waals surface area contributed by atoms with Gasteiger partial charge in [-0.1, -0.05) is 24.6 Å². The van der Waals surface area contributed by atoms with E-state index in [2.05, 4.69) is 17.3 Å². The first kappa shape index (κ1) is 17.3. The van der Waals surface area contributed by atoms with E-state index in [4.69, 9.17) is 0 Å². The van der Waals surface area contributed by atoms with E-state index in [1.54, 1.807) is 18.0 Å². The van der Waals surface area contributed by atoms with Crippen LogP contribution in [0.2, 0.25) is 0 Å². The van der Waals surface area contributed by atoms with Crippen LogP contribution in [0.25, 0.3) is 5.69 Å². The first-order chi connectivity index (χ1) is 12.1. The molecule has 0 saturated carbocycles. The van der Waals surface area contributed by atoms with E-state index < -0.39 is 0 Å². The Morgan fingerprint density at radius 3 is 2.40 bits per heavy atom. The van der Waals surface area contributed by atoms with Crippen molar-refractivity contribution in [2.45, 2.75) is 25.2 Å². The highest BCUT2D eigenvalue weighted by atomic mass is 32.2. The second kappa shape index (κ2) is 7.57. The minimum Gasteiger partial charge on any atom is -0.322 e. The van der Waals surface area contributed by atoms with E-state index in [9.17, 15) is 4.79 Å². The molecule has 1 aromatic heterocycles. The number of aromatic nitrogens is 2. The fourth-order valence-corrected chi connectivity index (χ4v) is 3.09. The number of hydrogen-bond acceptors (Lipinski definition) is 3. The van der Waals surface area contributed by atoms with Crippen LogP contribution in [0.1, 0.15) is 28.5 Å². The molecule has 1 heterocycles. The summed E-state index contributed by atoms with van der Waals surface area (Å²) in [5.41, 5.74) is 4.46. The van der Waals surface area contributed by atoms with Crippen molar-refractivity contribution in [3.63, 3.8) is 0 Å². The summed E-state index contributed by atoms with van der Waals surface area (Å²) >= 11 is 1.67. The third-order valence-electron chi connectivity index (χ3n) is 4.07. The molecular formula is C20H21N3OS. The lowest BCUT2D eigenvalue weighted by Crippen LogP contribution is -2.14. The molecule has 0 fully saturated rings. The first-order valence-corrected chi connectivity index (χ1v) is 9.44. The number of nitrogens with zero attached hydrogens (tertiary/aromatic N) is 2. The van der Waals surface area contributed by atoms with Gasteiger partial charge in [0.05, 0.1) is 23.1 Å². The number of hydrogen-bond donors (Lipinski definition) is 1. The highest BCUT2D eigenvalue weighted by molar-refractivity contribution is 7.98. The van der Waals surface area contributed by atoms with E-state index in [0.717, 1.165) is 23.5 Å². The van der Waals surface area contributed by atoms with Gasteiger partial charge in [-0.05, 0) is 56.0 Å². The van der Waals surface area contributed by atoms with Crippen LogP contribution in [0.5, 0.6) is 0 Å². The van der Waals surface area contributed by atoms with Gasteiger partial charge in [-0.25, -0.2) is 4.68 Å². The van der Waals surface area contributed by atoms with Crippen LogP contribution in [0.3, 0.4) is 0 Å². The van der Waals surface area contributed by atoms with Gasteiger partial charge in [0, 0.05) is 10.6 Å². The number of rotatable bonds is 5. The van der Waals surface area contributed by atoms with Crippen molar-refractivity contribution >= 4 is 23.4 Å². The number of benzene rings is 2. The maximum atomic E-state index is 12.7. The molecule has 3 rings (SSSR count). The van der Waals surface area contributed by atoms with Gasteiger partial charge >= 0.3 is 0 Å². The Morgan fingerprint density at radius 2 is 1.80 bits per heavy atom. The molecule has 0 radical (unpaired) electrons. The van der Waals surface area contributed by atoms with Crippen LogP contribution in [0.15, 0.2) is 59.6 Å². The molecule has 128 valence electrons. The highest BCUT2D eigenvalue weighted by Crippen LogP contribution is 2.20. The SMILES string of the molecule is CCc1c(C(=O)Nc2ccc(SC)cc2)cnn1-c1ccc(C)cc1. The van der Waals surface area contributed by atoms with E-state index >= 15 is 0 Å². The topological polar surface area (TPSA) is 46.9 Å². The maximum Gasteiger partial charge on any atom is 0.259 e. The summed E-state index contributed by atoms with van der Waals surface area (Å²) in [6.45, 7) is 4.08. The van der Waals surface area contributed by atoms with Gasteiger partial charge < -0.3 is 5.32 Å². The van der Waals surface area contributed by atoms with Gasteiger partial charge in [0.1, 0.15) is 0 Å². The van der Waals surface area contributed by atoms with Gasteiger partial charge in [-0.3, -0.25) is 4.79 Å². The zero-order valence-electron chi connectivity index (χ0n) is 14.6. The first-order valence-electron chi connectivity index (χ1n) is 8.21. The summed E-state index contributed by atoms with van der Waals surface area (Å²) in [4.78, 5) is 13.8. The number of carbonyl (C=O) groups excluding carboxylic acids is 1. The predicted molar refractivity (Wildman–Crippen MR) is 104 cm³/mol. The Hall–Kier alpha value is -2.53.